The number of nitrogens with zero attached hydrogens (tertiary/aromatic N) is 2. The van der Waals surface area contributed by atoms with Gasteiger partial charge in [-0.3, -0.25) is 14.7 Å². The molecule has 6 nitrogen and oxygen atoms in total. The molecule has 1 fully saturated rings. The normalized spacial score (nSPS) is 22.3. The maximum Gasteiger partial charge on any atom is 0.418 e. The monoisotopic (exact) mass is 397 g/mol. The molecule has 1 saturated heterocycles. The van der Waals surface area contributed by atoms with Crippen molar-refractivity contribution < 1.29 is 22.7 Å². The molecule has 2 aromatic rings. The van der Waals surface area contributed by atoms with Crippen LogP contribution < -0.4 is 5.56 Å². The maximum atomic E-state index is 13.5. The minimum Gasteiger partial charge on any atom is -0.356 e. The van der Waals surface area contributed by atoms with Crippen LogP contribution in [0.15, 0.2) is 35.1 Å². The molecule has 1 aliphatic rings. The first-order chi connectivity index (χ1) is 12.8. The Kier molecular flexibility index (Phi) is 4.69. The molecule has 1 N–H and O–H groups in total. The van der Waals surface area contributed by atoms with E-state index in [0.717, 1.165) is 23.5 Å². The number of rotatable bonds is 2. The first-order valence-electron chi connectivity index (χ1n) is 8.77. The van der Waals surface area contributed by atoms with Crippen LogP contribution in [0.4, 0.5) is 13.2 Å². The summed E-state index contributed by atoms with van der Waals surface area (Å²) in [5, 5.41) is 2.70. The molecule has 1 aromatic heterocycles. The molecule has 1 aromatic carbocycles. The van der Waals surface area contributed by atoms with Crippen molar-refractivity contribution in [3.8, 4) is 5.69 Å². The lowest BCUT2D eigenvalue weighted by Crippen LogP contribution is -2.65. The van der Waals surface area contributed by atoms with Crippen LogP contribution >= 0.6 is 0 Å². The van der Waals surface area contributed by atoms with Crippen LogP contribution in [-0.4, -0.2) is 51.1 Å². The van der Waals surface area contributed by atoms with Gasteiger partial charge in [-0.05, 0) is 39.8 Å². The molecule has 1 amide bonds. The summed E-state index contributed by atoms with van der Waals surface area (Å²) in [6.07, 6.45) is -4.65. The zero-order valence-corrected chi connectivity index (χ0v) is 16.1. The lowest BCUT2D eigenvalue weighted by atomic mass is 9.96. The third kappa shape index (κ3) is 3.71. The molecule has 0 spiro atoms. The second-order valence-corrected chi connectivity index (χ2v) is 7.93. The Hall–Kier alpha value is -2.55. The number of morpholine rings is 1. The van der Waals surface area contributed by atoms with Crippen molar-refractivity contribution in [3.05, 3.63) is 51.9 Å². The number of amides is 1. The number of hydrogen-bond donors (Lipinski definition) is 1. The summed E-state index contributed by atoms with van der Waals surface area (Å²) in [6, 6.07) is 8.13. The van der Waals surface area contributed by atoms with E-state index in [1.807, 2.05) is 19.1 Å². The second kappa shape index (κ2) is 6.51. The Morgan fingerprint density at radius 2 is 1.75 bits per heavy atom. The predicted molar refractivity (Wildman–Crippen MR) is 96.7 cm³/mol. The van der Waals surface area contributed by atoms with Crippen molar-refractivity contribution in [2.75, 3.05) is 13.1 Å². The zero-order chi connectivity index (χ0) is 20.9. The third-order valence-electron chi connectivity index (χ3n) is 4.70. The zero-order valence-electron chi connectivity index (χ0n) is 16.1. The minimum absolute atomic E-state index is 0.0325. The number of halogens is 3. The average Bonchev–Trinajstić information content (AvgIpc) is 2.94. The summed E-state index contributed by atoms with van der Waals surface area (Å²) in [7, 11) is 0. The molecule has 152 valence electrons. The molecule has 9 heteroatoms. The van der Waals surface area contributed by atoms with Crippen LogP contribution in [-0.2, 0) is 4.74 Å². The number of carbonyl (C=O) groups excluding carboxylic acids is 1. The van der Waals surface area contributed by atoms with E-state index in [-0.39, 0.29) is 12.2 Å². The highest BCUT2D eigenvalue weighted by Gasteiger charge is 2.58. The molecule has 3 rings (SSSR count). The number of carbonyl (C=O) groups is 1. The molecule has 1 unspecified atom stereocenters. The molecule has 0 saturated carbocycles. The summed E-state index contributed by atoms with van der Waals surface area (Å²) in [6.45, 7) is 5.13. The van der Waals surface area contributed by atoms with Gasteiger partial charge in [0.05, 0.1) is 17.8 Å². The fraction of sp³-hybridized carbons (Fsp3) is 0.474. The highest BCUT2D eigenvalue weighted by molar-refractivity contribution is 5.92. The Morgan fingerprint density at radius 3 is 2.32 bits per heavy atom. The summed E-state index contributed by atoms with van der Waals surface area (Å²) in [5.41, 5.74) is -2.72. The van der Waals surface area contributed by atoms with Gasteiger partial charge in [-0.1, -0.05) is 17.7 Å². The molecule has 0 bridgehead atoms. The first kappa shape index (κ1) is 20.2. The van der Waals surface area contributed by atoms with Crippen molar-refractivity contribution in [3.63, 3.8) is 0 Å². The molecule has 0 radical (unpaired) electrons. The van der Waals surface area contributed by atoms with Gasteiger partial charge in [0.2, 0.25) is 0 Å². The van der Waals surface area contributed by atoms with Gasteiger partial charge in [0, 0.05) is 12.6 Å². The number of benzene rings is 1. The number of aromatic nitrogens is 2. The number of ether oxygens (including phenoxy) is 1. The molecular weight excluding hydrogens is 375 g/mol. The molecule has 28 heavy (non-hydrogen) atoms. The number of aromatic amines is 1. The van der Waals surface area contributed by atoms with E-state index in [2.05, 4.69) is 5.10 Å². The van der Waals surface area contributed by atoms with E-state index >= 15 is 0 Å². The average molecular weight is 397 g/mol. The fourth-order valence-electron chi connectivity index (χ4n) is 3.41. The van der Waals surface area contributed by atoms with Crippen LogP contribution in [0, 0.1) is 6.92 Å². The van der Waals surface area contributed by atoms with Gasteiger partial charge in [0.1, 0.15) is 5.69 Å². The van der Waals surface area contributed by atoms with E-state index < -0.39 is 35.4 Å². The Labute approximate surface area is 159 Å². The van der Waals surface area contributed by atoms with Gasteiger partial charge in [0.15, 0.2) is 5.60 Å². The first-order valence-corrected chi connectivity index (χ1v) is 8.77. The van der Waals surface area contributed by atoms with Crippen LogP contribution in [0.1, 0.15) is 36.8 Å². The predicted octanol–water partition coefficient (Wildman–Crippen LogP) is 3.05. The second-order valence-electron chi connectivity index (χ2n) is 7.93. The Bertz CT molecular complexity index is 944. The molecule has 1 aliphatic heterocycles. The van der Waals surface area contributed by atoms with Gasteiger partial charge < -0.3 is 9.64 Å². The van der Waals surface area contributed by atoms with E-state index in [1.165, 1.54) is 18.5 Å². The van der Waals surface area contributed by atoms with Crippen molar-refractivity contribution in [1.29, 1.82) is 0 Å². The van der Waals surface area contributed by atoms with Crippen molar-refractivity contribution in [2.24, 2.45) is 0 Å². The molecule has 0 aliphatic carbocycles. The van der Waals surface area contributed by atoms with E-state index in [9.17, 15) is 22.8 Å². The van der Waals surface area contributed by atoms with Crippen molar-refractivity contribution in [2.45, 2.75) is 45.1 Å². The number of alkyl halides is 3. The summed E-state index contributed by atoms with van der Waals surface area (Å²) < 4.78 is 47.0. The number of nitrogens with one attached hydrogen (secondary N) is 1. The van der Waals surface area contributed by atoms with Crippen LogP contribution in [0.25, 0.3) is 5.69 Å². The lowest BCUT2D eigenvalue weighted by Gasteiger charge is -2.48. The van der Waals surface area contributed by atoms with Crippen molar-refractivity contribution >= 4 is 5.91 Å². The van der Waals surface area contributed by atoms with E-state index in [4.69, 9.17) is 4.74 Å². The van der Waals surface area contributed by atoms with E-state index in [0.29, 0.717) is 5.69 Å². The number of hydrogen-bond acceptors (Lipinski definition) is 3. The highest BCUT2D eigenvalue weighted by Crippen LogP contribution is 2.40. The smallest absolute Gasteiger partial charge is 0.356 e. The summed E-state index contributed by atoms with van der Waals surface area (Å²) in [5.74, 6) is -0.685. The quantitative estimate of drug-likeness (QED) is 0.847. The maximum absolute atomic E-state index is 13.5. The fourth-order valence-corrected chi connectivity index (χ4v) is 3.41. The topological polar surface area (TPSA) is 67.3 Å². The standard InChI is InChI=1S/C19H22F3N3O3/c1-12-5-7-13(8-6-12)25-15(26)9-14(23-25)16(27)24-10-17(2,3)28-18(4,11-24)19(20,21)22/h5-9,23H,10-11H2,1-4H3. The summed E-state index contributed by atoms with van der Waals surface area (Å²) >= 11 is 0. The van der Waals surface area contributed by atoms with Crippen LogP contribution in [0.3, 0.4) is 0 Å². The van der Waals surface area contributed by atoms with Gasteiger partial charge in [-0.15, -0.1) is 0 Å². The van der Waals surface area contributed by atoms with Crippen LogP contribution in [0.5, 0.6) is 0 Å². The molecule has 1 atom stereocenters. The van der Waals surface area contributed by atoms with Gasteiger partial charge >= 0.3 is 6.18 Å². The minimum atomic E-state index is -4.65. The summed E-state index contributed by atoms with van der Waals surface area (Å²) in [4.78, 5) is 26.2. The SMILES string of the molecule is Cc1ccc(-n2[nH]c(C(=O)N3CC(C)(C)OC(C)(C(F)(F)F)C3)cc2=O)cc1. The largest absolute Gasteiger partial charge is 0.418 e. The number of H-pyrrole nitrogens is 1. The van der Waals surface area contributed by atoms with E-state index in [1.54, 1.807) is 12.1 Å². The third-order valence-corrected chi connectivity index (χ3v) is 4.70. The number of aryl methyl sites for hydroxylation is 1. The molecule has 2 heterocycles. The molecular formula is C19H22F3N3O3. The van der Waals surface area contributed by atoms with Gasteiger partial charge in [-0.25, -0.2) is 4.68 Å². The lowest BCUT2D eigenvalue weighted by molar-refractivity contribution is -0.318. The van der Waals surface area contributed by atoms with Crippen LogP contribution in [0.2, 0.25) is 0 Å². The van der Waals surface area contributed by atoms with Crippen molar-refractivity contribution in [1.82, 2.24) is 14.7 Å². The van der Waals surface area contributed by atoms with Gasteiger partial charge in [0.25, 0.3) is 11.5 Å². The Morgan fingerprint density at radius 1 is 1.14 bits per heavy atom. The van der Waals surface area contributed by atoms with Gasteiger partial charge in [-0.2, -0.15) is 13.2 Å². The highest BCUT2D eigenvalue weighted by atomic mass is 19.4. The Balaban J connectivity index is 1.92.